The quantitative estimate of drug-likeness (QED) is 0.790. The topological polar surface area (TPSA) is 72.2 Å². The summed E-state index contributed by atoms with van der Waals surface area (Å²) in [7, 11) is -3.94. The molecule has 1 aromatic carbocycles. The summed E-state index contributed by atoms with van der Waals surface area (Å²) >= 11 is 0. The van der Waals surface area contributed by atoms with Crippen LogP contribution in [0.5, 0.6) is 0 Å². The highest BCUT2D eigenvalue weighted by Crippen LogP contribution is 2.23. The molecule has 0 amide bonds. The van der Waals surface area contributed by atoms with Crippen LogP contribution in [0.25, 0.3) is 0 Å². The Hall–Kier alpha value is -1.14. The average molecular weight is 288 g/mol. The standard InChI is InChI=1S/C13H21FN2O2S/c1-4-10(5-2)9(3)16-19(17,18)13-11(14)7-6-8-12(13)15/h6-10,16H,4-5,15H2,1-3H3. The van der Waals surface area contributed by atoms with Crippen LogP contribution in [0, 0.1) is 11.7 Å². The van der Waals surface area contributed by atoms with Crippen molar-refractivity contribution in [1.29, 1.82) is 0 Å². The molecule has 0 saturated carbocycles. The summed E-state index contributed by atoms with van der Waals surface area (Å²) < 4.78 is 40.5. The van der Waals surface area contributed by atoms with Gasteiger partial charge in [0.2, 0.25) is 10.0 Å². The number of rotatable bonds is 6. The lowest BCUT2D eigenvalue weighted by Crippen LogP contribution is -2.38. The Morgan fingerprint density at radius 3 is 2.37 bits per heavy atom. The Morgan fingerprint density at radius 2 is 1.89 bits per heavy atom. The van der Waals surface area contributed by atoms with Crippen molar-refractivity contribution < 1.29 is 12.8 Å². The SMILES string of the molecule is CCC(CC)C(C)NS(=O)(=O)c1c(N)cccc1F. The molecule has 0 aliphatic carbocycles. The summed E-state index contributed by atoms with van der Waals surface area (Å²) in [6, 6.07) is 3.58. The van der Waals surface area contributed by atoms with Crippen molar-refractivity contribution >= 4 is 15.7 Å². The Bertz CT molecular complexity index is 507. The summed E-state index contributed by atoms with van der Waals surface area (Å²) in [5, 5.41) is 0. The van der Waals surface area contributed by atoms with Gasteiger partial charge in [-0.05, 0) is 25.0 Å². The van der Waals surface area contributed by atoms with E-state index >= 15 is 0 Å². The molecule has 0 heterocycles. The molecular weight excluding hydrogens is 267 g/mol. The van der Waals surface area contributed by atoms with Gasteiger partial charge < -0.3 is 5.73 Å². The fourth-order valence-electron chi connectivity index (χ4n) is 2.20. The third-order valence-electron chi connectivity index (χ3n) is 3.36. The van der Waals surface area contributed by atoms with E-state index in [0.717, 1.165) is 18.9 Å². The maximum atomic E-state index is 13.7. The van der Waals surface area contributed by atoms with Crippen molar-refractivity contribution in [3.8, 4) is 0 Å². The molecule has 1 rings (SSSR count). The monoisotopic (exact) mass is 288 g/mol. The van der Waals surface area contributed by atoms with Crippen molar-refractivity contribution in [2.24, 2.45) is 5.92 Å². The molecule has 0 radical (unpaired) electrons. The summed E-state index contributed by atoms with van der Waals surface area (Å²) in [6.07, 6.45) is 1.71. The number of sulfonamides is 1. The van der Waals surface area contributed by atoms with Gasteiger partial charge >= 0.3 is 0 Å². The molecule has 0 aliphatic rings. The predicted molar refractivity (Wildman–Crippen MR) is 74.7 cm³/mol. The normalized spacial score (nSPS) is 13.7. The van der Waals surface area contributed by atoms with Crippen LogP contribution in [-0.2, 0) is 10.0 Å². The zero-order valence-corrected chi connectivity index (χ0v) is 12.3. The molecule has 0 saturated heterocycles. The van der Waals surface area contributed by atoms with E-state index in [0.29, 0.717) is 0 Å². The minimum Gasteiger partial charge on any atom is -0.398 e. The first kappa shape index (κ1) is 15.9. The summed E-state index contributed by atoms with van der Waals surface area (Å²) in [5.74, 6) is -0.619. The van der Waals surface area contributed by atoms with Crippen molar-refractivity contribution in [3.63, 3.8) is 0 Å². The van der Waals surface area contributed by atoms with E-state index in [2.05, 4.69) is 4.72 Å². The largest absolute Gasteiger partial charge is 0.398 e. The van der Waals surface area contributed by atoms with E-state index in [9.17, 15) is 12.8 Å². The van der Waals surface area contributed by atoms with Crippen LogP contribution >= 0.6 is 0 Å². The van der Waals surface area contributed by atoms with Gasteiger partial charge in [0.15, 0.2) is 0 Å². The van der Waals surface area contributed by atoms with Gasteiger partial charge in [0.1, 0.15) is 10.7 Å². The molecule has 0 bridgehead atoms. The molecule has 4 nitrogen and oxygen atoms in total. The van der Waals surface area contributed by atoms with Crippen LogP contribution in [0.15, 0.2) is 23.1 Å². The zero-order chi connectivity index (χ0) is 14.6. The zero-order valence-electron chi connectivity index (χ0n) is 11.5. The van der Waals surface area contributed by atoms with Gasteiger partial charge in [0, 0.05) is 6.04 Å². The second-order valence-corrected chi connectivity index (χ2v) is 6.30. The molecule has 108 valence electrons. The molecule has 0 spiro atoms. The van der Waals surface area contributed by atoms with Gasteiger partial charge in [-0.3, -0.25) is 0 Å². The molecule has 0 aromatic heterocycles. The number of benzene rings is 1. The molecule has 19 heavy (non-hydrogen) atoms. The van der Waals surface area contributed by atoms with E-state index in [4.69, 9.17) is 5.73 Å². The van der Waals surface area contributed by atoms with Gasteiger partial charge in [-0.1, -0.05) is 32.8 Å². The van der Waals surface area contributed by atoms with E-state index < -0.39 is 20.7 Å². The molecule has 0 aliphatic heterocycles. The van der Waals surface area contributed by atoms with Crippen LogP contribution in [-0.4, -0.2) is 14.5 Å². The summed E-state index contributed by atoms with van der Waals surface area (Å²) in [4.78, 5) is -0.465. The van der Waals surface area contributed by atoms with Crippen molar-refractivity contribution in [2.45, 2.75) is 44.6 Å². The lowest BCUT2D eigenvalue weighted by Gasteiger charge is -2.22. The summed E-state index contributed by atoms with van der Waals surface area (Å²) in [5.41, 5.74) is 5.49. The number of nitrogen functional groups attached to an aromatic ring is 1. The van der Waals surface area contributed by atoms with E-state index in [1.54, 1.807) is 6.92 Å². The first-order valence-electron chi connectivity index (χ1n) is 6.39. The number of anilines is 1. The lowest BCUT2D eigenvalue weighted by molar-refractivity contribution is 0.390. The van der Waals surface area contributed by atoms with Crippen LogP contribution in [0.4, 0.5) is 10.1 Å². The first-order valence-corrected chi connectivity index (χ1v) is 7.88. The third-order valence-corrected chi connectivity index (χ3v) is 5.01. The summed E-state index contributed by atoms with van der Waals surface area (Å²) in [6.45, 7) is 5.78. The van der Waals surface area contributed by atoms with Crippen molar-refractivity contribution in [1.82, 2.24) is 4.72 Å². The maximum absolute atomic E-state index is 13.7. The van der Waals surface area contributed by atoms with Gasteiger partial charge in [-0.25, -0.2) is 17.5 Å². The van der Waals surface area contributed by atoms with Gasteiger partial charge in [-0.15, -0.1) is 0 Å². The average Bonchev–Trinajstić information content (AvgIpc) is 2.28. The predicted octanol–water partition coefficient (Wildman–Crippen LogP) is 2.51. The molecule has 6 heteroatoms. The lowest BCUT2D eigenvalue weighted by atomic mass is 9.96. The number of nitrogens with two attached hydrogens (primary N) is 1. The van der Waals surface area contributed by atoms with E-state index in [1.165, 1.54) is 12.1 Å². The highest BCUT2D eigenvalue weighted by molar-refractivity contribution is 7.89. The Labute approximate surface area is 114 Å². The smallest absolute Gasteiger partial charge is 0.245 e. The molecule has 0 fully saturated rings. The van der Waals surface area contributed by atoms with Crippen molar-refractivity contribution in [3.05, 3.63) is 24.0 Å². The maximum Gasteiger partial charge on any atom is 0.245 e. The van der Waals surface area contributed by atoms with Crippen LogP contribution < -0.4 is 10.5 Å². The minimum absolute atomic E-state index is 0.0794. The molecule has 1 unspecified atom stereocenters. The van der Waals surface area contributed by atoms with Crippen LogP contribution in [0.3, 0.4) is 0 Å². The van der Waals surface area contributed by atoms with E-state index in [-0.39, 0.29) is 17.6 Å². The second kappa shape index (κ2) is 6.34. The number of hydrogen-bond acceptors (Lipinski definition) is 3. The van der Waals surface area contributed by atoms with Crippen LogP contribution in [0.1, 0.15) is 33.6 Å². The Balaban J connectivity index is 3.06. The minimum atomic E-state index is -3.94. The van der Waals surface area contributed by atoms with Gasteiger partial charge in [0.05, 0.1) is 5.69 Å². The number of halogens is 1. The van der Waals surface area contributed by atoms with Gasteiger partial charge in [-0.2, -0.15) is 0 Å². The molecule has 1 atom stereocenters. The highest BCUT2D eigenvalue weighted by Gasteiger charge is 2.26. The number of hydrogen-bond donors (Lipinski definition) is 2. The third kappa shape index (κ3) is 3.67. The molecule has 1 aromatic rings. The Kier molecular flexibility index (Phi) is 5.31. The Morgan fingerprint density at radius 1 is 1.32 bits per heavy atom. The fourth-order valence-corrected chi connectivity index (χ4v) is 3.71. The second-order valence-electron chi connectivity index (χ2n) is 4.64. The highest BCUT2D eigenvalue weighted by atomic mass is 32.2. The van der Waals surface area contributed by atoms with Gasteiger partial charge in [0.25, 0.3) is 0 Å². The van der Waals surface area contributed by atoms with Crippen LogP contribution in [0.2, 0.25) is 0 Å². The first-order chi connectivity index (χ1) is 8.83. The number of nitrogens with one attached hydrogen (secondary N) is 1. The fraction of sp³-hybridized carbons (Fsp3) is 0.538. The molecule has 3 N–H and O–H groups in total. The van der Waals surface area contributed by atoms with Crippen molar-refractivity contribution in [2.75, 3.05) is 5.73 Å². The van der Waals surface area contributed by atoms with E-state index in [1.807, 2.05) is 13.8 Å². The molecular formula is C13H21FN2O2S.